The van der Waals surface area contributed by atoms with Crippen LogP contribution in [0.3, 0.4) is 0 Å². The van der Waals surface area contributed by atoms with Crippen LogP contribution in [0.4, 0.5) is 0 Å². The molecule has 0 radical (unpaired) electrons. The monoisotopic (exact) mass is 196 g/mol. The SMILES string of the molecule is CC1(C)CCNCCN1C1CCCC1. The molecule has 0 aromatic rings. The molecule has 1 aliphatic heterocycles. The molecule has 1 N–H and O–H groups in total. The van der Waals surface area contributed by atoms with Gasteiger partial charge in [-0.25, -0.2) is 0 Å². The number of hydrogen-bond donors (Lipinski definition) is 1. The Morgan fingerprint density at radius 1 is 1.14 bits per heavy atom. The Labute approximate surface area is 88.1 Å². The third kappa shape index (κ3) is 2.12. The van der Waals surface area contributed by atoms with Crippen LogP contribution in [0.5, 0.6) is 0 Å². The highest BCUT2D eigenvalue weighted by Gasteiger charge is 2.34. The molecule has 2 aliphatic rings. The molecule has 0 amide bonds. The number of nitrogens with zero attached hydrogens (tertiary/aromatic N) is 1. The highest BCUT2D eigenvalue weighted by molar-refractivity contribution is 4.91. The first-order valence-electron chi connectivity index (χ1n) is 6.18. The van der Waals surface area contributed by atoms with Gasteiger partial charge in [-0.2, -0.15) is 0 Å². The average Bonchev–Trinajstić information content (AvgIpc) is 2.57. The van der Waals surface area contributed by atoms with Crippen molar-refractivity contribution in [3.63, 3.8) is 0 Å². The maximum atomic E-state index is 3.51. The summed E-state index contributed by atoms with van der Waals surface area (Å²) in [5, 5.41) is 3.51. The fourth-order valence-electron chi connectivity index (χ4n) is 3.06. The van der Waals surface area contributed by atoms with Gasteiger partial charge in [-0.1, -0.05) is 12.8 Å². The minimum atomic E-state index is 0.415. The van der Waals surface area contributed by atoms with Crippen LogP contribution in [0.2, 0.25) is 0 Å². The lowest BCUT2D eigenvalue weighted by molar-refractivity contribution is 0.0783. The van der Waals surface area contributed by atoms with Crippen molar-refractivity contribution in [1.29, 1.82) is 0 Å². The lowest BCUT2D eigenvalue weighted by Crippen LogP contribution is -2.49. The summed E-state index contributed by atoms with van der Waals surface area (Å²) >= 11 is 0. The van der Waals surface area contributed by atoms with Gasteiger partial charge in [0.1, 0.15) is 0 Å². The van der Waals surface area contributed by atoms with E-state index in [1.807, 2.05) is 0 Å². The molecule has 82 valence electrons. The van der Waals surface area contributed by atoms with Crippen LogP contribution >= 0.6 is 0 Å². The van der Waals surface area contributed by atoms with Crippen molar-refractivity contribution < 1.29 is 0 Å². The van der Waals surface area contributed by atoms with Crippen molar-refractivity contribution >= 4 is 0 Å². The summed E-state index contributed by atoms with van der Waals surface area (Å²) in [5.74, 6) is 0. The third-order valence-electron chi connectivity index (χ3n) is 3.99. The molecule has 1 saturated heterocycles. The van der Waals surface area contributed by atoms with Gasteiger partial charge >= 0.3 is 0 Å². The smallest absolute Gasteiger partial charge is 0.0168 e. The standard InChI is InChI=1S/C12H24N2/c1-12(2)7-8-13-9-10-14(12)11-5-3-4-6-11/h11,13H,3-10H2,1-2H3. The summed E-state index contributed by atoms with van der Waals surface area (Å²) < 4.78 is 0. The quantitative estimate of drug-likeness (QED) is 0.690. The van der Waals surface area contributed by atoms with Crippen molar-refractivity contribution in [3.8, 4) is 0 Å². The van der Waals surface area contributed by atoms with E-state index in [1.165, 1.54) is 51.7 Å². The summed E-state index contributed by atoms with van der Waals surface area (Å²) in [5.41, 5.74) is 0.415. The van der Waals surface area contributed by atoms with E-state index < -0.39 is 0 Å². The van der Waals surface area contributed by atoms with Gasteiger partial charge in [0, 0.05) is 24.7 Å². The van der Waals surface area contributed by atoms with Gasteiger partial charge < -0.3 is 5.32 Å². The second-order valence-electron chi connectivity index (χ2n) is 5.44. The maximum Gasteiger partial charge on any atom is 0.0168 e. The highest BCUT2D eigenvalue weighted by Crippen LogP contribution is 2.31. The van der Waals surface area contributed by atoms with E-state index in [0.717, 1.165) is 6.04 Å². The molecule has 0 aromatic carbocycles. The summed E-state index contributed by atoms with van der Waals surface area (Å²) in [7, 11) is 0. The third-order valence-corrected chi connectivity index (χ3v) is 3.99. The lowest BCUT2D eigenvalue weighted by Gasteiger charge is -2.41. The predicted molar refractivity (Wildman–Crippen MR) is 60.5 cm³/mol. The second-order valence-corrected chi connectivity index (χ2v) is 5.44. The normalized spacial score (nSPS) is 30.4. The molecule has 1 heterocycles. The van der Waals surface area contributed by atoms with Gasteiger partial charge in [-0.05, 0) is 39.7 Å². The molecular weight excluding hydrogens is 172 g/mol. The highest BCUT2D eigenvalue weighted by atomic mass is 15.2. The van der Waals surface area contributed by atoms with E-state index in [9.17, 15) is 0 Å². The topological polar surface area (TPSA) is 15.3 Å². The first kappa shape index (κ1) is 10.4. The van der Waals surface area contributed by atoms with Gasteiger partial charge in [0.2, 0.25) is 0 Å². The Hall–Kier alpha value is -0.0800. The van der Waals surface area contributed by atoms with E-state index >= 15 is 0 Å². The zero-order chi connectivity index (χ0) is 10.0. The molecular formula is C12H24N2. The largest absolute Gasteiger partial charge is 0.315 e. The second kappa shape index (κ2) is 4.19. The zero-order valence-electron chi connectivity index (χ0n) is 9.68. The Kier molecular flexibility index (Phi) is 3.13. The predicted octanol–water partition coefficient (Wildman–Crippen LogP) is 2.00. The van der Waals surface area contributed by atoms with E-state index in [0.29, 0.717) is 5.54 Å². The van der Waals surface area contributed by atoms with E-state index in [4.69, 9.17) is 0 Å². The Bertz CT molecular complexity index is 183. The van der Waals surface area contributed by atoms with Crippen LogP contribution in [0.1, 0.15) is 46.0 Å². The fraction of sp³-hybridized carbons (Fsp3) is 1.00. The molecule has 1 saturated carbocycles. The fourth-order valence-corrected chi connectivity index (χ4v) is 3.06. The summed E-state index contributed by atoms with van der Waals surface area (Å²) in [4.78, 5) is 2.76. The molecule has 2 heteroatoms. The van der Waals surface area contributed by atoms with E-state index in [2.05, 4.69) is 24.1 Å². The van der Waals surface area contributed by atoms with Crippen LogP contribution in [-0.2, 0) is 0 Å². The molecule has 2 nitrogen and oxygen atoms in total. The number of hydrogen-bond acceptors (Lipinski definition) is 2. The molecule has 0 unspecified atom stereocenters. The van der Waals surface area contributed by atoms with E-state index in [1.54, 1.807) is 0 Å². The van der Waals surface area contributed by atoms with Crippen molar-refractivity contribution in [1.82, 2.24) is 10.2 Å². The van der Waals surface area contributed by atoms with Crippen LogP contribution in [-0.4, -0.2) is 36.1 Å². The molecule has 14 heavy (non-hydrogen) atoms. The lowest BCUT2D eigenvalue weighted by atomic mass is 9.96. The van der Waals surface area contributed by atoms with Crippen LogP contribution < -0.4 is 5.32 Å². The van der Waals surface area contributed by atoms with Crippen molar-refractivity contribution in [2.75, 3.05) is 19.6 Å². The number of nitrogens with one attached hydrogen (secondary N) is 1. The minimum Gasteiger partial charge on any atom is -0.315 e. The maximum absolute atomic E-state index is 3.51. The molecule has 0 spiro atoms. The van der Waals surface area contributed by atoms with Gasteiger partial charge in [-0.3, -0.25) is 4.90 Å². The van der Waals surface area contributed by atoms with Crippen LogP contribution in [0.25, 0.3) is 0 Å². The average molecular weight is 196 g/mol. The van der Waals surface area contributed by atoms with Crippen LogP contribution in [0.15, 0.2) is 0 Å². The van der Waals surface area contributed by atoms with Crippen LogP contribution in [0, 0.1) is 0 Å². The minimum absolute atomic E-state index is 0.415. The molecule has 1 aliphatic carbocycles. The first-order valence-corrected chi connectivity index (χ1v) is 6.18. The summed E-state index contributed by atoms with van der Waals surface area (Å²) in [6.07, 6.45) is 7.06. The van der Waals surface area contributed by atoms with Crippen molar-refractivity contribution in [2.45, 2.75) is 57.5 Å². The Morgan fingerprint density at radius 2 is 1.86 bits per heavy atom. The molecule has 0 atom stereocenters. The molecule has 2 rings (SSSR count). The Balaban J connectivity index is 2.04. The summed E-state index contributed by atoms with van der Waals surface area (Å²) in [6.45, 7) is 8.45. The Morgan fingerprint density at radius 3 is 2.57 bits per heavy atom. The van der Waals surface area contributed by atoms with Gasteiger partial charge in [0.15, 0.2) is 0 Å². The number of rotatable bonds is 1. The van der Waals surface area contributed by atoms with Gasteiger partial charge in [0.05, 0.1) is 0 Å². The first-order chi connectivity index (χ1) is 6.70. The van der Waals surface area contributed by atoms with Crippen molar-refractivity contribution in [2.24, 2.45) is 0 Å². The van der Waals surface area contributed by atoms with Crippen molar-refractivity contribution in [3.05, 3.63) is 0 Å². The molecule has 0 bridgehead atoms. The molecule has 0 aromatic heterocycles. The van der Waals surface area contributed by atoms with E-state index in [-0.39, 0.29) is 0 Å². The zero-order valence-corrected chi connectivity index (χ0v) is 9.68. The molecule has 2 fully saturated rings. The summed E-state index contributed by atoms with van der Waals surface area (Å²) in [6, 6.07) is 0.880. The van der Waals surface area contributed by atoms with Gasteiger partial charge in [0.25, 0.3) is 0 Å². The van der Waals surface area contributed by atoms with Gasteiger partial charge in [-0.15, -0.1) is 0 Å².